The lowest BCUT2D eigenvalue weighted by molar-refractivity contribution is 0.0178. The molecular weight excluding hydrogens is 272 g/mol. The molecule has 110 valence electrons. The second kappa shape index (κ2) is 5.28. The van der Waals surface area contributed by atoms with E-state index >= 15 is 0 Å². The average Bonchev–Trinajstić information content (AvgIpc) is 2.25. The Morgan fingerprint density at radius 3 is 2.35 bits per heavy atom. The number of likely N-dealkylation sites (tertiary alicyclic amines) is 1. The minimum Gasteiger partial charge on any atom is -0.314 e. The number of hydrogen-bond donors (Lipinski definition) is 1. The molecule has 0 radical (unpaired) electrons. The maximum atomic E-state index is 12.7. The summed E-state index contributed by atoms with van der Waals surface area (Å²) in [4.78, 5) is 14.7. The third kappa shape index (κ3) is 3.09. The van der Waals surface area contributed by atoms with Crippen molar-refractivity contribution in [1.29, 1.82) is 0 Å². The molecule has 20 heavy (non-hydrogen) atoms. The summed E-state index contributed by atoms with van der Waals surface area (Å²) in [6.45, 7) is 8.52. The van der Waals surface area contributed by atoms with Crippen molar-refractivity contribution >= 4 is 23.3 Å². The zero-order valence-electron chi connectivity index (χ0n) is 12.7. The SMILES string of the molecule is CC1(C)CCCC(C)(C)N1C(=O)Nc1cccc(Cl)c1. The monoisotopic (exact) mass is 294 g/mol. The first-order valence-corrected chi connectivity index (χ1v) is 7.47. The van der Waals surface area contributed by atoms with Crippen LogP contribution in [-0.2, 0) is 0 Å². The number of hydrogen-bond acceptors (Lipinski definition) is 1. The van der Waals surface area contributed by atoms with Gasteiger partial charge in [0.1, 0.15) is 0 Å². The van der Waals surface area contributed by atoms with Crippen LogP contribution < -0.4 is 5.32 Å². The maximum absolute atomic E-state index is 12.7. The van der Waals surface area contributed by atoms with Crippen molar-refractivity contribution < 1.29 is 4.79 Å². The minimum atomic E-state index is -0.135. The number of urea groups is 1. The largest absolute Gasteiger partial charge is 0.322 e. The van der Waals surface area contributed by atoms with E-state index in [9.17, 15) is 4.79 Å². The van der Waals surface area contributed by atoms with E-state index in [0.717, 1.165) is 24.9 Å². The van der Waals surface area contributed by atoms with Gasteiger partial charge >= 0.3 is 6.03 Å². The van der Waals surface area contributed by atoms with Crippen molar-refractivity contribution in [2.24, 2.45) is 0 Å². The van der Waals surface area contributed by atoms with E-state index in [4.69, 9.17) is 11.6 Å². The molecule has 1 saturated heterocycles. The fraction of sp³-hybridized carbons (Fsp3) is 0.562. The number of piperidine rings is 1. The van der Waals surface area contributed by atoms with Crippen LogP contribution in [0.4, 0.5) is 10.5 Å². The third-order valence-electron chi connectivity index (χ3n) is 4.07. The van der Waals surface area contributed by atoms with Crippen LogP contribution >= 0.6 is 11.6 Å². The molecule has 1 aliphatic rings. The quantitative estimate of drug-likeness (QED) is 0.784. The van der Waals surface area contributed by atoms with Gasteiger partial charge in [-0.15, -0.1) is 0 Å². The Bertz CT molecular complexity index is 495. The Labute approximate surface area is 126 Å². The van der Waals surface area contributed by atoms with Gasteiger partial charge in [0.2, 0.25) is 0 Å². The second-order valence-corrected chi connectivity index (χ2v) is 7.19. The van der Waals surface area contributed by atoms with Gasteiger partial charge in [0.25, 0.3) is 0 Å². The van der Waals surface area contributed by atoms with Crippen LogP contribution in [0.25, 0.3) is 0 Å². The van der Waals surface area contributed by atoms with Gasteiger partial charge in [-0.2, -0.15) is 0 Å². The topological polar surface area (TPSA) is 32.3 Å². The van der Waals surface area contributed by atoms with E-state index in [-0.39, 0.29) is 17.1 Å². The summed E-state index contributed by atoms with van der Waals surface area (Å²) in [6.07, 6.45) is 3.21. The number of carbonyl (C=O) groups is 1. The van der Waals surface area contributed by atoms with Gasteiger partial charge in [-0.1, -0.05) is 17.7 Å². The molecule has 0 bridgehead atoms. The van der Waals surface area contributed by atoms with Gasteiger partial charge in [-0.05, 0) is 65.2 Å². The number of nitrogens with one attached hydrogen (secondary N) is 1. The number of nitrogens with zero attached hydrogens (tertiary/aromatic N) is 1. The number of anilines is 1. The van der Waals surface area contributed by atoms with Gasteiger partial charge in [-0.3, -0.25) is 0 Å². The van der Waals surface area contributed by atoms with Gasteiger partial charge in [0.15, 0.2) is 0 Å². The number of carbonyl (C=O) groups excluding carboxylic acids is 1. The highest BCUT2D eigenvalue weighted by Gasteiger charge is 2.44. The highest BCUT2D eigenvalue weighted by molar-refractivity contribution is 6.30. The van der Waals surface area contributed by atoms with E-state index < -0.39 is 0 Å². The molecule has 0 saturated carbocycles. The molecule has 0 aliphatic carbocycles. The molecule has 1 aromatic rings. The lowest BCUT2D eigenvalue weighted by Crippen LogP contribution is -2.62. The number of benzene rings is 1. The highest BCUT2D eigenvalue weighted by Crippen LogP contribution is 2.38. The van der Waals surface area contributed by atoms with Crippen LogP contribution in [-0.4, -0.2) is 22.0 Å². The molecule has 2 amide bonds. The normalized spacial score (nSPS) is 20.6. The van der Waals surface area contributed by atoms with Crippen molar-refractivity contribution in [2.45, 2.75) is 58.0 Å². The summed E-state index contributed by atoms with van der Waals surface area (Å²) in [5.41, 5.74) is 0.467. The summed E-state index contributed by atoms with van der Waals surface area (Å²) in [6, 6.07) is 7.20. The summed E-state index contributed by atoms with van der Waals surface area (Å²) >= 11 is 5.96. The Balaban J connectivity index is 2.22. The van der Waals surface area contributed by atoms with Crippen molar-refractivity contribution in [2.75, 3.05) is 5.32 Å². The standard InChI is InChI=1S/C16H23ClN2O/c1-15(2)9-6-10-16(3,4)19(15)14(20)18-13-8-5-7-12(17)11-13/h5,7-8,11H,6,9-10H2,1-4H3,(H,18,20). The van der Waals surface area contributed by atoms with E-state index in [0.29, 0.717) is 5.02 Å². The lowest BCUT2D eigenvalue weighted by atomic mass is 9.80. The average molecular weight is 295 g/mol. The van der Waals surface area contributed by atoms with E-state index in [2.05, 4.69) is 33.0 Å². The molecule has 3 nitrogen and oxygen atoms in total. The summed E-state index contributed by atoms with van der Waals surface area (Å²) in [5.74, 6) is 0. The molecule has 4 heteroatoms. The lowest BCUT2D eigenvalue weighted by Gasteiger charge is -2.52. The molecule has 0 unspecified atom stereocenters. The molecule has 0 atom stereocenters. The Morgan fingerprint density at radius 1 is 1.20 bits per heavy atom. The fourth-order valence-electron chi connectivity index (χ4n) is 3.29. The molecule has 1 aliphatic heterocycles. The van der Waals surface area contributed by atoms with Gasteiger partial charge < -0.3 is 10.2 Å². The second-order valence-electron chi connectivity index (χ2n) is 6.75. The molecule has 0 spiro atoms. The van der Waals surface area contributed by atoms with Crippen LogP contribution in [0, 0.1) is 0 Å². The first kappa shape index (κ1) is 15.2. The van der Waals surface area contributed by atoms with Crippen LogP contribution in [0.3, 0.4) is 0 Å². The van der Waals surface area contributed by atoms with Crippen LogP contribution in [0.2, 0.25) is 5.02 Å². The van der Waals surface area contributed by atoms with Crippen molar-refractivity contribution in [3.05, 3.63) is 29.3 Å². The zero-order chi connectivity index (χ0) is 15.0. The van der Waals surface area contributed by atoms with Crippen LogP contribution in [0.1, 0.15) is 47.0 Å². The zero-order valence-corrected chi connectivity index (χ0v) is 13.4. The van der Waals surface area contributed by atoms with Crippen LogP contribution in [0.15, 0.2) is 24.3 Å². The smallest absolute Gasteiger partial charge is 0.314 e. The van der Waals surface area contributed by atoms with Crippen molar-refractivity contribution in [3.8, 4) is 0 Å². The molecule has 1 N–H and O–H groups in total. The predicted molar refractivity (Wildman–Crippen MR) is 84.3 cm³/mol. The number of halogens is 1. The molecule has 1 aromatic carbocycles. The molecule has 0 aromatic heterocycles. The molecule has 2 rings (SSSR count). The maximum Gasteiger partial charge on any atom is 0.322 e. The predicted octanol–water partition coefficient (Wildman–Crippen LogP) is 4.92. The number of rotatable bonds is 1. The molecular formula is C16H23ClN2O. The Kier molecular flexibility index (Phi) is 4.01. The number of amides is 2. The first-order valence-electron chi connectivity index (χ1n) is 7.09. The van der Waals surface area contributed by atoms with Crippen molar-refractivity contribution in [1.82, 2.24) is 4.90 Å². The summed E-state index contributed by atoms with van der Waals surface area (Å²) in [7, 11) is 0. The van der Waals surface area contributed by atoms with Gasteiger partial charge in [0.05, 0.1) is 0 Å². The van der Waals surface area contributed by atoms with Gasteiger partial charge in [-0.25, -0.2) is 4.79 Å². The van der Waals surface area contributed by atoms with Crippen molar-refractivity contribution in [3.63, 3.8) is 0 Å². The highest BCUT2D eigenvalue weighted by atomic mass is 35.5. The van der Waals surface area contributed by atoms with E-state index in [1.807, 2.05) is 17.0 Å². The fourth-order valence-corrected chi connectivity index (χ4v) is 3.48. The van der Waals surface area contributed by atoms with Crippen LogP contribution in [0.5, 0.6) is 0 Å². The van der Waals surface area contributed by atoms with E-state index in [1.165, 1.54) is 0 Å². The third-order valence-corrected chi connectivity index (χ3v) is 4.30. The Hall–Kier alpha value is -1.22. The summed E-state index contributed by atoms with van der Waals surface area (Å²) in [5, 5.41) is 3.59. The summed E-state index contributed by atoms with van der Waals surface area (Å²) < 4.78 is 0. The molecule has 1 fully saturated rings. The van der Waals surface area contributed by atoms with Gasteiger partial charge in [0, 0.05) is 21.8 Å². The minimum absolute atomic E-state index is 0.0537. The Morgan fingerprint density at radius 2 is 1.80 bits per heavy atom. The van der Waals surface area contributed by atoms with E-state index in [1.54, 1.807) is 12.1 Å². The first-order chi connectivity index (χ1) is 9.22. The molecule has 1 heterocycles.